The van der Waals surface area contributed by atoms with E-state index in [0.29, 0.717) is 11.3 Å². The highest BCUT2D eigenvalue weighted by Crippen LogP contribution is 2.31. The van der Waals surface area contributed by atoms with Crippen LogP contribution in [0.25, 0.3) is 0 Å². The number of carbonyl (C=O) groups excluding carboxylic acids is 1. The van der Waals surface area contributed by atoms with E-state index in [0.717, 1.165) is 11.1 Å². The molecule has 0 amide bonds. The van der Waals surface area contributed by atoms with Crippen LogP contribution in [0.2, 0.25) is 0 Å². The number of carbonyl (C=O) groups is 1. The van der Waals surface area contributed by atoms with Crippen molar-refractivity contribution in [2.45, 2.75) is 32.0 Å². The largest absolute Gasteiger partial charge is 0.496 e. The van der Waals surface area contributed by atoms with Crippen LogP contribution in [0.3, 0.4) is 0 Å². The highest BCUT2D eigenvalue weighted by molar-refractivity contribution is 9.10. The van der Waals surface area contributed by atoms with Gasteiger partial charge in [-0.15, -0.1) is 0 Å². The van der Waals surface area contributed by atoms with Crippen LogP contribution in [0.1, 0.15) is 35.3 Å². The number of hydrogen-bond acceptors (Lipinski definition) is 2. The topological polar surface area (TPSA) is 26.3 Å². The van der Waals surface area contributed by atoms with Gasteiger partial charge in [0.15, 0.2) is 5.78 Å². The normalized spacial score (nSPS) is 11.4. The molecule has 0 aliphatic heterocycles. The van der Waals surface area contributed by atoms with Gasteiger partial charge in [-0.1, -0.05) is 22.0 Å². The highest BCUT2D eigenvalue weighted by Gasteiger charge is 2.28. The van der Waals surface area contributed by atoms with Gasteiger partial charge in [-0.2, -0.15) is 0 Å². The molecule has 0 aromatic heterocycles. The first-order chi connectivity index (χ1) is 7.27. The second-order valence-electron chi connectivity index (χ2n) is 4.46. The molecule has 0 saturated carbocycles. The van der Waals surface area contributed by atoms with Crippen LogP contribution in [-0.4, -0.2) is 17.2 Å². The van der Waals surface area contributed by atoms with E-state index in [1.807, 2.05) is 39.8 Å². The minimum atomic E-state index is -0.569. The zero-order valence-electron chi connectivity index (χ0n) is 10.3. The number of alkyl halides is 1. The number of ketones is 1. The van der Waals surface area contributed by atoms with Crippen molar-refractivity contribution in [2.24, 2.45) is 0 Å². The lowest BCUT2D eigenvalue weighted by atomic mass is 9.96. The highest BCUT2D eigenvalue weighted by atomic mass is 79.9. The molecular weight excluding hydrogens is 268 g/mol. The second kappa shape index (κ2) is 4.58. The number of methoxy groups -OCH3 is 1. The molecule has 0 bridgehead atoms. The molecule has 0 aliphatic rings. The Bertz CT molecular complexity index is 417. The van der Waals surface area contributed by atoms with Crippen molar-refractivity contribution in [3.63, 3.8) is 0 Å². The molecule has 0 atom stereocenters. The van der Waals surface area contributed by atoms with Crippen LogP contribution in [0, 0.1) is 13.8 Å². The third kappa shape index (κ3) is 2.64. The minimum absolute atomic E-state index is 0.0381. The molecule has 1 rings (SSSR count). The van der Waals surface area contributed by atoms with E-state index in [1.54, 1.807) is 7.11 Å². The van der Waals surface area contributed by atoms with Crippen LogP contribution in [0.4, 0.5) is 0 Å². The smallest absolute Gasteiger partial charge is 0.182 e. The molecule has 0 aliphatic carbocycles. The number of benzene rings is 1. The van der Waals surface area contributed by atoms with Crippen LogP contribution in [0.5, 0.6) is 5.75 Å². The number of ether oxygens (including phenoxy) is 1. The SMILES string of the molecule is COc1c(C)cc(C)cc1C(=O)C(C)(C)Br. The summed E-state index contributed by atoms with van der Waals surface area (Å²) in [5, 5.41) is 0. The van der Waals surface area contributed by atoms with E-state index in [2.05, 4.69) is 15.9 Å². The molecule has 0 unspecified atom stereocenters. The Morgan fingerprint density at radius 3 is 2.31 bits per heavy atom. The Morgan fingerprint density at radius 2 is 1.88 bits per heavy atom. The van der Waals surface area contributed by atoms with Gasteiger partial charge in [-0.25, -0.2) is 0 Å². The Labute approximate surface area is 105 Å². The van der Waals surface area contributed by atoms with Crippen molar-refractivity contribution in [2.75, 3.05) is 7.11 Å². The number of halogens is 1. The van der Waals surface area contributed by atoms with Crippen molar-refractivity contribution in [1.29, 1.82) is 0 Å². The summed E-state index contributed by atoms with van der Waals surface area (Å²) in [5.41, 5.74) is 2.70. The van der Waals surface area contributed by atoms with E-state index < -0.39 is 4.32 Å². The molecular formula is C13H17BrO2. The zero-order chi connectivity index (χ0) is 12.5. The first kappa shape index (κ1) is 13.2. The summed E-state index contributed by atoms with van der Waals surface area (Å²) in [6, 6.07) is 3.88. The molecule has 0 radical (unpaired) electrons. The maximum Gasteiger partial charge on any atom is 0.182 e. The van der Waals surface area contributed by atoms with Gasteiger partial charge in [-0.05, 0) is 44.9 Å². The summed E-state index contributed by atoms with van der Waals surface area (Å²) in [4.78, 5) is 12.2. The molecule has 1 aromatic rings. The first-order valence-corrected chi connectivity index (χ1v) is 5.95. The average molecular weight is 285 g/mol. The number of hydrogen-bond donors (Lipinski definition) is 0. The summed E-state index contributed by atoms with van der Waals surface area (Å²) in [7, 11) is 1.59. The van der Waals surface area contributed by atoms with E-state index >= 15 is 0 Å². The Balaban J connectivity index is 3.38. The fraction of sp³-hybridized carbons (Fsp3) is 0.462. The van der Waals surface area contributed by atoms with Crippen molar-refractivity contribution >= 4 is 21.7 Å². The maximum absolute atomic E-state index is 12.2. The van der Waals surface area contributed by atoms with Gasteiger partial charge in [0.25, 0.3) is 0 Å². The van der Waals surface area contributed by atoms with E-state index in [1.165, 1.54) is 0 Å². The molecule has 0 spiro atoms. The van der Waals surface area contributed by atoms with Crippen LogP contribution < -0.4 is 4.74 Å². The Kier molecular flexibility index (Phi) is 3.79. The van der Waals surface area contributed by atoms with Gasteiger partial charge in [0.05, 0.1) is 17.0 Å². The predicted molar refractivity (Wildman–Crippen MR) is 69.8 cm³/mol. The quantitative estimate of drug-likeness (QED) is 0.625. The van der Waals surface area contributed by atoms with Crippen LogP contribution in [0.15, 0.2) is 12.1 Å². The van der Waals surface area contributed by atoms with E-state index in [-0.39, 0.29) is 5.78 Å². The summed E-state index contributed by atoms with van der Waals surface area (Å²) >= 11 is 3.39. The molecule has 1 aromatic carbocycles. The predicted octanol–water partition coefficient (Wildman–Crippen LogP) is 3.67. The number of aryl methyl sites for hydroxylation is 2. The lowest BCUT2D eigenvalue weighted by Crippen LogP contribution is -2.24. The van der Waals surface area contributed by atoms with Gasteiger partial charge in [0, 0.05) is 0 Å². The molecule has 0 saturated heterocycles. The third-order valence-corrected chi connectivity index (χ3v) is 2.77. The summed E-state index contributed by atoms with van der Waals surface area (Å²) in [6.07, 6.45) is 0. The molecule has 2 nitrogen and oxygen atoms in total. The number of Topliss-reactive ketones (excluding diaryl/α,β-unsaturated/α-hetero) is 1. The molecule has 0 heterocycles. The monoisotopic (exact) mass is 284 g/mol. The van der Waals surface area contributed by atoms with E-state index in [9.17, 15) is 4.79 Å². The Morgan fingerprint density at radius 1 is 1.31 bits per heavy atom. The van der Waals surface area contributed by atoms with Gasteiger partial charge in [-0.3, -0.25) is 4.79 Å². The van der Waals surface area contributed by atoms with Gasteiger partial charge >= 0.3 is 0 Å². The van der Waals surface area contributed by atoms with Gasteiger partial charge in [0.1, 0.15) is 5.75 Å². The van der Waals surface area contributed by atoms with Gasteiger partial charge < -0.3 is 4.74 Å². The lowest BCUT2D eigenvalue weighted by Gasteiger charge is -2.18. The molecule has 0 fully saturated rings. The van der Waals surface area contributed by atoms with Crippen molar-refractivity contribution < 1.29 is 9.53 Å². The van der Waals surface area contributed by atoms with Gasteiger partial charge in [0.2, 0.25) is 0 Å². The molecule has 88 valence electrons. The van der Waals surface area contributed by atoms with E-state index in [4.69, 9.17) is 4.74 Å². The maximum atomic E-state index is 12.2. The third-order valence-electron chi connectivity index (χ3n) is 2.41. The molecule has 3 heteroatoms. The van der Waals surface area contributed by atoms with Crippen molar-refractivity contribution in [1.82, 2.24) is 0 Å². The summed E-state index contributed by atoms with van der Waals surface area (Å²) < 4.78 is 4.74. The molecule has 16 heavy (non-hydrogen) atoms. The summed E-state index contributed by atoms with van der Waals surface area (Å²) in [6.45, 7) is 7.60. The first-order valence-electron chi connectivity index (χ1n) is 5.16. The van der Waals surface area contributed by atoms with Crippen LogP contribution in [-0.2, 0) is 0 Å². The fourth-order valence-corrected chi connectivity index (χ4v) is 1.93. The average Bonchev–Trinajstić information content (AvgIpc) is 2.14. The minimum Gasteiger partial charge on any atom is -0.496 e. The van der Waals surface area contributed by atoms with Crippen molar-refractivity contribution in [3.8, 4) is 5.75 Å². The Hall–Kier alpha value is -0.830. The van der Waals surface area contributed by atoms with Crippen molar-refractivity contribution in [3.05, 3.63) is 28.8 Å². The fourth-order valence-electron chi connectivity index (χ4n) is 1.71. The summed E-state index contributed by atoms with van der Waals surface area (Å²) in [5.74, 6) is 0.708. The van der Waals surface area contributed by atoms with Crippen LogP contribution >= 0.6 is 15.9 Å². The zero-order valence-corrected chi connectivity index (χ0v) is 11.9. The molecule has 0 N–H and O–H groups in total. The standard InChI is InChI=1S/C13H17BrO2/c1-8-6-9(2)11(16-5)10(7-8)12(15)13(3,4)14/h6-7H,1-5H3. The second-order valence-corrected chi connectivity index (χ2v) is 6.45. The lowest BCUT2D eigenvalue weighted by molar-refractivity contribution is 0.0958. The number of rotatable bonds is 3.